The SMILES string of the molecule is O=C(Nc1cccc(C(=O)O)n1)c1ccc2c(c1)OCO2. The lowest BCUT2D eigenvalue weighted by Gasteiger charge is -2.06. The molecule has 0 unspecified atom stereocenters. The van der Waals surface area contributed by atoms with Crippen LogP contribution in [0.15, 0.2) is 36.4 Å². The van der Waals surface area contributed by atoms with E-state index < -0.39 is 11.9 Å². The number of carbonyl (C=O) groups excluding carboxylic acids is 1. The normalized spacial score (nSPS) is 12.0. The number of aromatic nitrogens is 1. The van der Waals surface area contributed by atoms with Gasteiger partial charge in [-0.15, -0.1) is 0 Å². The molecule has 2 N–H and O–H groups in total. The average molecular weight is 286 g/mol. The Hall–Kier alpha value is -3.09. The Morgan fingerprint density at radius 3 is 2.76 bits per heavy atom. The second-order valence-electron chi connectivity index (χ2n) is 4.24. The molecule has 0 bridgehead atoms. The number of nitrogens with zero attached hydrogens (tertiary/aromatic N) is 1. The lowest BCUT2D eigenvalue weighted by atomic mass is 10.2. The number of carboxylic acid groups (broad SMARTS) is 1. The number of pyridine rings is 1. The number of rotatable bonds is 3. The molecule has 0 atom stereocenters. The minimum Gasteiger partial charge on any atom is -0.477 e. The van der Waals surface area contributed by atoms with E-state index in [2.05, 4.69) is 10.3 Å². The minimum absolute atomic E-state index is 0.128. The molecular weight excluding hydrogens is 276 g/mol. The first kappa shape index (κ1) is 12.9. The summed E-state index contributed by atoms with van der Waals surface area (Å²) in [7, 11) is 0. The van der Waals surface area contributed by atoms with Crippen molar-refractivity contribution in [1.29, 1.82) is 0 Å². The third-order valence-electron chi connectivity index (χ3n) is 2.84. The summed E-state index contributed by atoms with van der Waals surface area (Å²) < 4.78 is 10.4. The summed E-state index contributed by atoms with van der Waals surface area (Å²) >= 11 is 0. The first-order chi connectivity index (χ1) is 10.1. The van der Waals surface area contributed by atoms with E-state index in [1.54, 1.807) is 18.2 Å². The second kappa shape index (κ2) is 5.12. The van der Waals surface area contributed by atoms with Crippen LogP contribution < -0.4 is 14.8 Å². The summed E-state index contributed by atoms with van der Waals surface area (Å²) in [5.74, 6) is -0.331. The van der Waals surface area contributed by atoms with Crippen LogP contribution in [0.2, 0.25) is 0 Å². The van der Waals surface area contributed by atoms with E-state index in [0.29, 0.717) is 17.1 Å². The number of hydrogen-bond donors (Lipinski definition) is 2. The zero-order valence-corrected chi connectivity index (χ0v) is 10.7. The molecule has 1 aromatic carbocycles. The van der Waals surface area contributed by atoms with Gasteiger partial charge in [-0.2, -0.15) is 0 Å². The van der Waals surface area contributed by atoms with Crippen molar-refractivity contribution >= 4 is 17.7 Å². The molecule has 3 rings (SSSR count). The van der Waals surface area contributed by atoms with Crippen LogP contribution in [0, 0.1) is 0 Å². The standard InChI is InChI=1S/C14H10N2O5/c17-13(8-4-5-10-11(6-8)21-7-20-10)16-12-3-1-2-9(15-12)14(18)19/h1-6H,7H2,(H,18,19)(H,15,16,17). The van der Waals surface area contributed by atoms with Gasteiger partial charge in [0.05, 0.1) is 0 Å². The molecule has 1 aliphatic rings. The summed E-state index contributed by atoms with van der Waals surface area (Å²) in [5, 5.41) is 11.4. The zero-order valence-electron chi connectivity index (χ0n) is 10.7. The van der Waals surface area contributed by atoms with Crippen LogP contribution in [-0.2, 0) is 0 Å². The van der Waals surface area contributed by atoms with Crippen molar-refractivity contribution in [3.8, 4) is 11.5 Å². The van der Waals surface area contributed by atoms with E-state index in [4.69, 9.17) is 14.6 Å². The molecule has 2 aromatic rings. The number of fused-ring (bicyclic) bond motifs is 1. The fourth-order valence-corrected chi connectivity index (χ4v) is 1.85. The Labute approximate surface area is 119 Å². The average Bonchev–Trinajstić information content (AvgIpc) is 2.94. The zero-order chi connectivity index (χ0) is 14.8. The van der Waals surface area contributed by atoms with Gasteiger partial charge in [-0.05, 0) is 30.3 Å². The summed E-state index contributed by atoms with van der Waals surface area (Å²) in [6, 6.07) is 9.14. The molecule has 106 valence electrons. The van der Waals surface area contributed by atoms with Crippen molar-refractivity contribution in [2.24, 2.45) is 0 Å². The van der Waals surface area contributed by atoms with Gasteiger partial charge in [0.2, 0.25) is 6.79 Å². The van der Waals surface area contributed by atoms with E-state index in [-0.39, 0.29) is 18.3 Å². The van der Waals surface area contributed by atoms with Crippen molar-refractivity contribution in [2.75, 3.05) is 12.1 Å². The second-order valence-corrected chi connectivity index (χ2v) is 4.24. The predicted octanol–water partition coefficient (Wildman–Crippen LogP) is 1.76. The molecule has 7 nitrogen and oxygen atoms in total. The van der Waals surface area contributed by atoms with Gasteiger partial charge >= 0.3 is 5.97 Å². The van der Waals surface area contributed by atoms with Gasteiger partial charge < -0.3 is 19.9 Å². The third-order valence-corrected chi connectivity index (χ3v) is 2.84. The first-order valence-corrected chi connectivity index (χ1v) is 6.05. The third kappa shape index (κ3) is 2.62. The van der Waals surface area contributed by atoms with Crippen LogP contribution in [0.25, 0.3) is 0 Å². The lowest BCUT2D eigenvalue weighted by molar-refractivity contribution is 0.0690. The smallest absolute Gasteiger partial charge is 0.354 e. The van der Waals surface area contributed by atoms with E-state index in [0.717, 1.165) is 0 Å². The minimum atomic E-state index is -1.16. The van der Waals surface area contributed by atoms with Crippen LogP contribution >= 0.6 is 0 Å². The maximum atomic E-state index is 12.1. The number of amides is 1. The predicted molar refractivity (Wildman–Crippen MR) is 71.7 cm³/mol. The monoisotopic (exact) mass is 286 g/mol. The Bertz CT molecular complexity index is 729. The molecule has 1 amide bonds. The number of ether oxygens (including phenoxy) is 2. The molecular formula is C14H10N2O5. The summed E-state index contributed by atoms with van der Waals surface area (Å²) in [6.07, 6.45) is 0. The van der Waals surface area contributed by atoms with Gasteiger partial charge in [-0.25, -0.2) is 9.78 Å². The van der Waals surface area contributed by atoms with Crippen LogP contribution in [0.1, 0.15) is 20.8 Å². The molecule has 0 spiro atoms. The maximum Gasteiger partial charge on any atom is 0.354 e. The Kier molecular flexibility index (Phi) is 3.15. The van der Waals surface area contributed by atoms with E-state index in [1.165, 1.54) is 18.2 Å². The van der Waals surface area contributed by atoms with Crippen molar-refractivity contribution < 1.29 is 24.2 Å². The van der Waals surface area contributed by atoms with Gasteiger partial charge in [0.1, 0.15) is 5.82 Å². The summed E-state index contributed by atoms with van der Waals surface area (Å²) in [4.78, 5) is 26.8. The van der Waals surface area contributed by atoms with Gasteiger partial charge in [0.15, 0.2) is 17.2 Å². The number of nitrogens with one attached hydrogen (secondary N) is 1. The molecule has 21 heavy (non-hydrogen) atoms. The highest BCUT2D eigenvalue weighted by Gasteiger charge is 2.16. The fourth-order valence-electron chi connectivity index (χ4n) is 1.85. The molecule has 0 radical (unpaired) electrons. The lowest BCUT2D eigenvalue weighted by Crippen LogP contribution is -2.14. The van der Waals surface area contributed by atoms with Crippen LogP contribution in [0.3, 0.4) is 0 Å². The van der Waals surface area contributed by atoms with Gasteiger partial charge in [0, 0.05) is 5.56 Å². The van der Waals surface area contributed by atoms with E-state index >= 15 is 0 Å². The molecule has 0 aliphatic carbocycles. The van der Waals surface area contributed by atoms with Crippen molar-refractivity contribution in [1.82, 2.24) is 4.98 Å². The van der Waals surface area contributed by atoms with Crippen molar-refractivity contribution in [3.05, 3.63) is 47.7 Å². The fraction of sp³-hybridized carbons (Fsp3) is 0.0714. The molecule has 1 aromatic heterocycles. The van der Waals surface area contributed by atoms with Gasteiger partial charge in [0.25, 0.3) is 5.91 Å². The van der Waals surface area contributed by atoms with Crippen LogP contribution in [0.4, 0.5) is 5.82 Å². The Balaban J connectivity index is 1.80. The van der Waals surface area contributed by atoms with Crippen molar-refractivity contribution in [2.45, 2.75) is 0 Å². The van der Waals surface area contributed by atoms with Crippen LogP contribution in [-0.4, -0.2) is 28.8 Å². The number of aromatic carboxylic acids is 1. The highest BCUT2D eigenvalue weighted by atomic mass is 16.7. The number of carbonyl (C=O) groups is 2. The molecule has 1 aliphatic heterocycles. The van der Waals surface area contributed by atoms with Gasteiger partial charge in [-0.3, -0.25) is 4.79 Å². The highest BCUT2D eigenvalue weighted by molar-refractivity contribution is 6.04. The Morgan fingerprint density at radius 2 is 1.95 bits per heavy atom. The van der Waals surface area contributed by atoms with E-state index in [1.807, 2.05) is 0 Å². The topological polar surface area (TPSA) is 97.8 Å². The number of anilines is 1. The number of benzene rings is 1. The van der Waals surface area contributed by atoms with Crippen LogP contribution in [0.5, 0.6) is 11.5 Å². The summed E-state index contributed by atoms with van der Waals surface area (Å²) in [5.41, 5.74) is 0.222. The number of carboxylic acids is 1. The summed E-state index contributed by atoms with van der Waals surface area (Å²) in [6.45, 7) is 0.128. The quantitative estimate of drug-likeness (QED) is 0.892. The van der Waals surface area contributed by atoms with Crippen molar-refractivity contribution in [3.63, 3.8) is 0 Å². The molecule has 7 heteroatoms. The molecule has 0 fully saturated rings. The maximum absolute atomic E-state index is 12.1. The molecule has 0 saturated carbocycles. The highest BCUT2D eigenvalue weighted by Crippen LogP contribution is 2.32. The molecule has 0 saturated heterocycles. The van der Waals surface area contributed by atoms with E-state index in [9.17, 15) is 9.59 Å². The molecule has 2 heterocycles. The van der Waals surface area contributed by atoms with Gasteiger partial charge in [-0.1, -0.05) is 6.07 Å². The largest absolute Gasteiger partial charge is 0.477 e. The first-order valence-electron chi connectivity index (χ1n) is 6.05. The Morgan fingerprint density at radius 1 is 1.14 bits per heavy atom. The number of hydrogen-bond acceptors (Lipinski definition) is 5.